The highest BCUT2D eigenvalue weighted by Gasteiger charge is 2.22. The van der Waals surface area contributed by atoms with Crippen molar-refractivity contribution in [1.29, 1.82) is 0 Å². The Balaban J connectivity index is 1.70. The average molecular weight is 282 g/mol. The van der Waals surface area contributed by atoms with E-state index in [0.29, 0.717) is 5.92 Å². The number of benzene rings is 2. The molecule has 0 aromatic heterocycles. The van der Waals surface area contributed by atoms with Crippen molar-refractivity contribution in [2.75, 3.05) is 25.5 Å². The monoisotopic (exact) mass is 282 g/mol. The van der Waals surface area contributed by atoms with E-state index in [-0.39, 0.29) is 0 Å². The molecule has 0 saturated carbocycles. The molecule has 1 fully saturated rings. The molecule has 0 spiro atoms. The second-order valence-corrected chi connectivity index (χ2v) is 5.76. The lowest BCUT2D eigenvalue weighted by atomic mass is 10.1. The van der Waals surface area contributed by atoms with Gasteiger partial charge in [-0.1, -0.05) is 48.5 Å². The van der Waals surface area contributed by atoms with Crippen LogP contribution in [0.2, 0.25) is 0 Å². The van der Waals surface area contributed by atoms with Crippen molar-refractivity contribution in [3.05, 3.63) is 65.7 Å². The van der Waals surface area contributed by atoms with Gasteiger partial charge in [-0.15, -0.1) is 0 Å². The van der Waals surface area contributed by atoms with Gasteiger partial charge in [0.1, 0.15) is 0 Å². The summed E-state index contributed by atoms with van der Waals surface area (Å²) < 4.78 is 5.31. The van der Waals surface area contributed by atoms with Gasteiger partial charge in [0.05, 0.1) is 13.2 Å². The summed E-state index contributed by atoms with van der Waals surface area (Å²) in [6, 6.07) is 18.7. The van der Waals surface area contributed by atoms with E-state index in [4.69, 9.17) is 10.5 Å². The van der Waals surface area contributed by atoms with Crippen molar-refractivity contribution in [3.8, 4) is 0 Å². The number of rotatable bonds is 6. The number of anilines is 1. The molecule has 2 aromatic rings. The van der Waals surface area contributed by atoms with Crippen molar-refractivity contribution in [1.82, 2.24) is 4.90 Å². The van der Waals surface area contributed by atoms with Crippen molar-refractivity contribution < 1.29 is 4.74 Å². The fourth-order valence-corrected chi connectivity index (χ4v) is 2.70. The zero-order valence-electron chi connectivity index (χ0n) is 12.2. The van der Waals surface area contributed by atoms with Gasteiger partial charge in [-0.3, -0.25) is 4.90 Å². The minimum atomic E-state index is 0.652. The van der Waals surface area contributed by atoms with E-state index in [1.807, 2.05) is 12.1 Å². The quantitative estimate of drug-likeness (QED) is 0.828. The molecule has 110 valence electrons. The summed E-state index contributed by atoms with van der Waals surface area (Å²) >= 11 is 0. The minimum absolute atomic E-state index is 0.652. The molecular formula is C18H22N2O. The molecule has 0 amide bonds. The molecule has 1 aliphatic heterocycles. The van der Waals surface area contributed by atoms with Gasteiger partial charge in [0.25, 0.3) is 0 Å². The van der Waals surface area contributed by atoms with Crippen molar-refractivity contribution in [2.45, 2.75) is 13.1 Å². The SMILES string of the molecule is Nc1ccccc1CN(Cc1ccccc1)CC1COC1. The smallest absolute Gasteiger partial charge is 0.0528 e. The molecule has 21 heavy (non-hydrogen) atoms. The summed E-state index contributed by atoms with van der Waals surface area (Å²) in [7, 11) is 0. The van der Waals surface area contributed by atoms with Gasteiger partial charge >= 0.3 is 0 Å². The van der Waals surface area contributed by atoms with Crippen molar-refractivity contribution in [2.24, 2.45) is 5.92 Å². The molecule has 0 aliphatic carbocycles. The van der Waals surface area contributed by atoms with Crippen molar-refractivity contribution >= 4 is 5.69 Å². The highest BCUT2D eigenvalue weighted by Crippen LogP contribution is 2.19. The topological polar surface area (TPSA) is 38.5 Å². The molecule has 2 aromatic carbocycles. The first-order chi connectivity index (χ1) is 10.3. The van der Waals surface area contributed by atoms with Crippen LogP contribution in [0.5, 0.6) is 0 Å². The predicted octanol–water partition coefficient (Wildman–Crippen LogP) is 2.92. The van der Waals surface area contributed by atoms with E-state index in [0.717, 1.165) is 38.5 Å². The minimum Gasteiger partial charge on any atom is -0.398 e. The van der Waals surface area contributed by atoms with Crippen LogP contribution in [-0.2, 0) is 17.8 Å². The molecule has 0 radical (unpaired) electrons. The fourth-order valence-electron chi connectivity index (χ4n) is 2.70. The Bertz CT molecular complexity index is 566. The van der Waals surface area contributed by atoms with Gasteiger partial charge in [0, 0.05) is 31.2 Å². The number of hydrogen-bond donors (Lipinski definition) is 1. The van der Waals surface area contributed by atoms with Crippen LogP contribution >= 0.6 is 0 Å². The van der Waals surface area contributed by atoms with Crippen LogP contribution in [0.15, 0.2) is 54.6 Å². The van der Waals surface area contributed by atoms with Gasteiger partial charge in [0.15, 0.2) is 0 Å². The lowest BCUT2D eigenvalue weighted by Gasteiger charge is -2.32. The zero-order chi connectivity index (χ0) is 14.5. The van der Waals surface area contributed by atoms with E-state index in [1.165, 1.54) is 11.1 Å². The third-order valence-electron chi connectivity index (χ3n) is 3.92. The predicted molar refractivity (Wildman–Crippen MR) is 85.7 cm³/mol. The van der Waals surface area contributed by atoms with Gasteiger partial charge < -0.3 is 10.5 Å². The molecule has 1 saturated heterocycles. The highest BCUT2D eigenvalue weighted by molar-refractivity contribution is 5.46. The Labute approximate surface area is 126 Å². The number of nitrogens with two attached hydrogens (primary N) is 1. The number of nitrogens with zero attached hydrogens (tertiary/aromatic N) is 1. The molecule has 0 unspecified atom stereocenters. The number of nitrogen functional groups attached to an aromatic ring is 1. The van der Waals surface area contributed by atoms with E-state index in [9.17, 15) is 0 Å². The van der Waals surface area contributed by atoms with E-state index < -0.39 is 0 Å². The average Bonchev–Trinajstić information content (AvgIpc) is 2.46. The first-order valence-electron chi connectivity index (χ1n) is 7.48. The second-order valence-electron chi connectivity index (χ2n) is 5.76. The molecule has 1 heterocycles. The largest absolute Gasteiger partial charge is 0.398 e. The van der Waals surface area contributed by atoms with Crippen LogP contribution in [0.3, 0.4) is 0 Å². The van der Waals surface area contributed by atoms with Crippen molar-refractivity contribution in [3.63, 3.8) is 0 Å². The molecule has 0 atom stereocenters. The van der Waals surface area contributed by atoms with Crippen LogP contribution < -0.4 is 5.73 Å². The second kappa shape index (κ2) is 6.74. The summed E-state index contributed by atoms with van der Waals surface area (Å²) in [4.78, 5) is 2.47. The fraction of sp³-hybridized carbons (Fsp3) is 0.333. The van der Waals surface area contributed by atoms with Crippen LogP contribution in [0.25, 0.3) is 0 Å². The maximum absolute atomic E-state index is 6.09. The lowest BCUT2D eigenvalue weighted by molar-refractivity contribution is -0.0485. The summed E-state index contributed by atoms with van der Waals surface area (Å²) in [6.07, 6.45) is 0. The molecule has 3 rings (SSSR count). The van der Waals surface area contributed by atoms with Gasteiger partial charge in [-0.2, -0.15) is 0 Å². The third kappa shape index (κ3) is 3.84. The molecule has 2 N–H and O–H groups in total. The Morgan fingerprint density at radius 1 is 0.952 bits per heavy atom. The maximum Gasteiger partial charge on any atom is 0.0528 e. The van der Waals surface area contributed by atoms with E-state index >= 15 is 0 Å². The summed E-state index contributed by atoms with van der Waals surface area (Å²) in [5.74, 6) is 0.652. The van der Waals surface area contributed by atoms with Gasteiger partial charge in [-0.05, 0) is 17.2 Å². The maximum atomic E-state index is 6.09. The first kappa shape index (κ1) is 14.1. The summed E-state index contributed by atoms with van der Waals surface area (Å²) in [5, 5.41) is 0. The molecular weight excluding hydrogens is 260 g/mol. The standard InChI is InChI=1S/C18H22N2O/c19-18-9-5-4-8-17(18)12-20(11-16-13-21-14-16)10-15-6-2-1-3-7-15/h1-9,16H,10-14,19H2. The Hall–Kier alpha value is -1.84. The first-order valence-corrected chi connectivity index (χ1v) is 7.48. The number of para-hydroxylation sites is 1. The normalized spacial score (nSPS) is 15.1. The number of ether oxygens (including phenoxy) is 1. The highest BCUT2D eigenvalue weighted by atomic mass is 16.5. The third-order valence-corrected chi connectivity index (χ3v) is 3.92. The number of hydrogen-bond acceptors (Lipinski definition) is 3. The summed E-state index contributed by atoms with van der Waals surface area (Å²) in [6.45, 7) is 4.66. The molecule has 3 heteroatoms. The van der Waals surface area contributed by atoms with Crippen LogP contribution in [-0.4, -0.2) is 24.7 Å². The summed E-state index contributed by atoms with van der Waals surface area (Å²) in [5.41, 5.74) is 9.51. The van der Waals surface area contributed by atoms with Gasteiger partial charge in [-0.25, -0.2) is 0 Å². The Kier molecular flexibility index (Phi) is 4.53. The van der Waals surface area contributed by atoms with E-state index in [1.54, 1.807) is 0 Å². The lowest BCUT2D eigenvalue weighted by Crippen LogP contribution is -2.39. The van der Waals surface area contributed by atoms with Crippen LogP contribution in [0, 0.1) is 5.92 Å². The van der Waals surface area contributed by atoms with Crippen LogP contribution in [0.4, 0.5) is 5.69 Å². The Morgan fingerprint density at radius 3 is 2.33 bits per heavy atom. The zero-order valence-corrected chi connectivity index (χ0v) is 12.2. The van der Waals surface area contributed by atoms with Gasteiger partial charge in [0.2, 0.25) is 0 Å². The molecule has 0 bridgehead atoms. The Morgan fingerprint density at radius 2 is 1.67 bits per heavy atom. The van der Waals surface area contributed by atoms with Crippen LogP contribution in [0.1, 0.15) is 11.1 Å². The van der Waals surface area contributed by atoms with E-state index in [2.05, 4.69) is 47.4 Å². The molecule has 1 aliphatic rings. The molecule has 3 nitrogen and oxygen atoms in total.